The SMILES string of the molecule is CCCCCCCCCOCC(O)COC(=O)CCCCCCCC. The lowest BCUT2D eigenvalue weighted by Gasteiger charge is -2.12. The van der Waals surface area contributed by atoms with Crippen LogP contribution in [0.25, 0.3) is 0 Å². The van der Waals surface area contributed by atoms with Crippen LogP contribution < -0.4 is 0 Å². The molecule has 4 nitrogen and oxygen atoms in total. The summed E-state index contributed by atoms with van der Waals surface area (Å²) >= 11 is 0. The number of aliphatic hydroxyl groups excluding tert-OH is 1. The Morgan fingerprint density at radius 3 is 1.88 bits per heavy atom. The number of aliphatic hydroxyl groups is 1. The predicted octanol–water partition coefficient (Wildman–Crippen LogP) is 5.41. The zero-order chi connectivity index (χ0) is 18.6. The van der Waals surface area contributed by atoms with Crippen LogP contribution in [0.5, 0.6) is 0 Å². The fourth-order valence-corrected chi connectivity index (χ4v) is 2.74. The Bertz CT molecular complexity index is 281. The molecule has 0 radical (unpaired) electrons. The summed E-state index contributed by atoms with van der Waals surface area (Å²) in [6, 6.07) is 0. The Kier molecular flexibility index (Phi) is 19.2. The first-order valence-corrected chi connectivity index (χ1v) is 10.6. The summed E-state index contributed by atoms with van der Waals surface area (Å²) in [5.41, 5.74) is 0. The second-order valence-electron chi connectivity index (χ2n) is 7.05. The van der Waals surface area contributed by atoms with Gasteiger partial charge in [0.25, 0.3) is 0 Å². The molecule has 0 spiro atoms. The topological polar surface area (TPSA) is 55.8 Å². The lowest BCUT2D eigenvalue weighted by atomic mass is 10.1. The van der Waals surface area contributed by atoms with Gasteiger partial charge in [-0.1, -0.05) is 84.5 Å². The van der Waals surface area contributed by atoms with Gasteiger partial charge in [-0.2, -0.15) is 0 Å². The molecule has 0 aromatic carbocycles. The maximum atomic E-state index is 11.6. The molecular formula is C21H42O4. The van der Waals surface area contributed by atoms with Crippen molar-refractivity contribution in [3.8, 4) is 0 Å². The van der Waals surface area contributed by atoms with Crippen molar-refractivity contribution in [1.82, 2.24) is 0 Å². The Morgan fingerprint density at radius 1 is 0.760 bits per heavy atom. The molecule has 4 heteroatoms. The second kappa shape index (κ2) is 19.7. The van der Waals surface area contributed by atoms with E-state index in [1.807, 2.05) is 0 Å². The molecule has 0 rings (SSSR count). The molecule has 0 aliphatic heterocycles. The van der Waals surface area contributed by atoms with Crippen LogP contribution in [-0.2, 0) is 14.3 Å². The van der Waals surface area contributed by atoms with Crippen molar-refractivity contribution >= 4 is 5.97 Å². The van der Waals surface area contributed by atoms with Crippen molar-refractivity contribution in [2.75, 3.05) is 19.8 Å². The molecule has 1 N–H and O–H groups in total. The van der Waals surface area contributed by atoms with E-state index in [0.29, 0.717) is 13.0 Å². The largest absolute Gasteiger partial charge is 0.463 e. The van der Waals surface area contributed by atoms with Crippen molar-refractivity contribution in [2.24, 2.45) is 0 Å². The summed E-state index contributed by atoms with van der Waals surface area (Å²) in [4.78, 5) is 11.6. The van der Waals surface area contributed by atoms with Gasteiger partial charge in [0.15, 0.2) is 0 Å². The maximum Gasteiger partial charge on any atom is 0.305 e. The van der Waals surface area contributed by atoms with E-state index >= 15 is 0 Å². The van der Waals surface area contributed by atoms with E-state index < -0.39 is 6.10 Å². The average Bonchev–Trinajstić information content (AvgIpc) is 2.61. The van der Waals surface area contributed by atoms with E-state index in [1.165, 1.54) is 64.2 Å². The highest BCUT2D eigenvalue weighted by Gasteiger charge is 2.09. The smallest absolute Gasteiger partial charge is 0.305 e. The summed E-state index contributed by atoms with van der Waals surface area (Å²) in [5, 5.41) is 9.76. The van der Waals surface area contributed by atoms with E-state index in [9.17, 15) is 9.90 Å². The van der Waals surface area contributed by atoms with Crippen LogP contribution in [0.2, 0.25) is 0 Å². The second-order valence-corrected chi connectivity index (χ2v) is 7.05. The number of carbonyl (C=O) groups is 1. The molecule has 0 amide bonds. The van der Waals surface area contributed by atoms with Gasteiger partial charge >= 0.3 is 5.97 Å². The van der Waals surface area contributed by atoms with Crippen molar-refractivity contribution in [3.63, 3.8) is 0 Å². The monoisotopic (exact) mass is 358 g/mol. The lowest BCUT2D eigenvalue weighted by molar-refractivity contribution is -0.147. The van der Waals surface area contributed by atoms with Crippen molar-refractivity contribution in [1.29, 1.82) is 0 Å². The van der Waals surface area contributed by atoms with Gasteiger partial charge in [0.05, 0.1) is 6.61 Å². The van der Waals surface area contributed by atoms with Crippen LogP contribution in [0.1, 0.15) is 104 Å². The van der Waals surface area contributed by atoms with Gasteiger partial charge in [0.1, 0.15) is 12.7 Å². The first-order valence-electron chi connectivity index (χ1n) is 10.6. The zero-order valence-corrected chi connectivity index (χ0v) is 16.8. The summed E-state index contributed by atoms with van der Waals surface area (Å²) in [6.07, 6.45) is 15.4. The molecule has 1 unspecified atom stereocenters. The number of carbonyl (C=O) groups excluding carboxylic acids is 1. The standard InChI is InChI=1S/C21H42O4/c1-3-5-7-9-11-13-15-17-24-18-20(22)19-25-21(23)16-14-12-10-8-6-4-2/h20,22H,3-19H2,1-2H3. The summed E-state index contributed by atoms with van der Waals surface area (Å²) in [5.74, 6) is -0.207. The van der Waals surface area contributed by atoms with Gasteiger partial charge in [-0.25, -0.2) is 0 Å². The zero-order valence-electron chi connectivity index (χ0n) is 16.8. The molecule has 0 aliphatic carbocycles. The number of esters is 1. The normalized spacial score (nSPS) is 12.3. The molecule has 0 heterocycles. The first kappa shape index (κ1) is 24.4. The molecule has 0 fully saturated rings. The van der Waals surface area contributed by atoms with E-state index in [1.54, 1.807) is 0 Å². The van der Waals surface area contributed by atoms with Crippen LogP contribution >= 0.6 is 0 Å². The maximum absolute atomic E-state index is 11.6. The minimum absolute atomic E-state index is 0.0473. The molecule has 0 bridgehead atoms. The Morgan fingerprint density at radius 2 is 1.28 bits per heavy atom. The third-order valence-corrected chi connectivity index (χ3v) is 4.37. The van der Waals surface area contributed by atoms with E-state index in [2.05, 4.69) is 13.8 Å². The van der Waals surface area contributed by atoms with Gasteiger partial charge in [-0.15, -0.1) is 0 Å². The third-order valence-electron chi connectivity index (χ3n) is 4.37. The van der Waals surface area contributed by atoms with Crippen molar-refractivity contribution in [3.05, 3.63) is 0 Å². The number of unbranched alkanes of at least 4 members (excludes halogenated alkanes) is 11. The van der Waals surface area contributed by atoms with Crippen LogP contribution in [0.3, 0.4) is 0 Å². The van der Waals surface area contributed by atoms with Gasteiger partial charge < -0.3 is 14.6 Å². The number of ether oxygens (including phenoxy) is 2. The molecule has 0 saturated carbocycles. The predicted molar refractivity (Wildman–Crippen MR) is 104 cm³/mol. The molecule has 0 aliphatic rings. The van der Waals surface area contributed by atoms with Crippen LogP contribution in [0.15, 0.2) is 0 Å². The van der Waals surface area contributed by atoms with Crippen LogP contribution in [0, 0.1) is 0 Å². The van der Waals surface area contributed by atoms with Gasteiger partial charge in [-0.3, -0.25) is 4.79 Å². The molecular weight excluding hydrogens is 316 g/mol. The van der Waals surface area contributed by atoms with Gasteiger partial charge in [0.2, 0.25) is 0 Å². The van der Waals surface area contributed by atoms with Gasteiger partial charge in [0, 0.05) is 13.0 Å². The van der Waals surface area contributed by atoms with E-state index in [0.717, 1.165) is 19.3 Å². The molecule has 0 saturated heterocycles. The lowest BCUT2D eigenvalue weighted by Crippen LogP contribution is -2.24. The van der Waals surface area contributed by atoms with Crippen LogP contribution in [0.4, 0.5) is 0 Å². The van der Waals surface area contributed by atoms with Crippen molar-refractivity contribution < 1.29 is 19.4 Å². The van der Waals surface area contributed by atoms with Gasteiger partial charge in [-0.05, 0) is 12.8 Å². The molecule has 150 valence electrons. The Balaban J connectivity index is 3.31. The minimum Gasteiger partial charge on any atom is -0.463 e. The van der Waals surface area contributed by atoms with E-state index in [-0.39, 0.29) is 19.2 Å². The first-order chi connectivity index (χ1) is 12.2. The number of hydrogen-bond acceptors (Lipinski definition) is 4. The number of hydrogen-bond donors (Lipinski definition) is 1. The Labute approximate surface area is 155 Å². The fourth-order valence-electron chi connectivity index (χ4n) is 2.74. The highest BCUT2D eigenvalue weighted by atomic mass is 16.5. The highest BCUT2D eigenvalue weighted by Crippen LogP contribution is 2.08. The molecule has 0 aromatic heterocycles. The highest BCUT2D eigenvalue weighted by molar-refractivity contribution is 5.69. The molecule has 25 heavy (non-hydrogen) atoms. The average molecular weight is 359 g/mol. The molecule has 1 atom stereocenters. The van der Waals surface area contributed by atoms with Crippen LogP contribution in [-0.4, -0.2) is 37.0 Å². The molecule has 0 aromatic rings. The summed E-state index contributed by atoms with van der Waals surface area (Å²) < 4.78 is 10.5. The van der Waals surface area contributed by atoms with E-state index in [4.69, 9.17) is 9.47 Å². The number of rotatable bonds is 19. The Hall–Kier alpha value is -0.610. The quantitative estimate of drug-likeness (QED) is 0.248. The summed E-state index contributed by atoms with van der Waals surface area (Å²) in [7, 11) is 0. The minimum atomic E-state index is -0.710. The van der Waals surface area contributed by atoms with Crippen molar-refractivity contribution in [2.45, 2.75) is 110 Å². The fraction of sp³-hybridized carbons (Fsp3) is 0.952. The summed E-state index contributed by atoms with van der Waals surface area (Å²) in [6.45, 7) is 5.40. The third kappa shape index (κ3) is 19.6.